The highest BCUT2D eigenvalue weighted by Crippen LogP contribution is 2.26. The number of pyridine rings is 1. The lowest BCUT2D eigenvalue weighted by atomic mass is 10.0. The van der Waals surface area contributed by atoms with E-state index in [9.17, 15) is 29.1 Å². The van der Waals surface area contributed by atoms with Crippen molar-refractivity contribution in [1.29, 1.82) is 0 Å². The van der Waals surface area contributed by atoms with Crippen LogP contribution in [-0.2, 0) is 25.6 Å². The molecule has 4 N–H and O–H groups in total. The van der Waals surface area contributed by atoms with Gasteiger partial charge in [0.15, 0.2) is 5.60 Å². The van der Waals surface area contributed by atoms with Crippen LogP contribution in [0.15, 0.2) is 48.8 Å². The molecule has 0 radical (unpaired) electrons. The number of carbonyl (C=O) groups excluding carboxylic acids is 5. The van der Waals surface area contributed by atoms with E-state index in [4.69, 9.17) is 4.74 Å². The highest BCUT2D eigenvalue weighted by molar-refractivity contribution is 6.01. The smallest absolute Gasteiger partial charge is 0.263 e. The highest BCUT2D eigenvalue weighted by atomic mass is 16.5. The van der Waals surface area contributed by atoms with Crippen LogP contribution < -0.4 is 20.7 Å². The molecule has 284 valence electrons. The number of fused-ring (bicyclic) bond motifs is 2. The number of aliphatic hydroxyl groups is 1. The molecule has 5 amide bonds. The largest absolute Gasteiger partial charge is 0.477 e. The number of hydrogen-bond acceptors (Lipinski definition) is 8. The predicted molar refractivity (Wildman–Crippen MR) is 196 cm³/mol. The standard InChI is InChI=1S/C39H56N6O7/c1-26(2)21-30-36(49)45-25-28(46)23-32(45)37(50)44(5)31(22-27-15-14-18-40-24-27)35(48)41-19-12-8-6-7-9-13-20-42-38(51)39(3,4)52-33-17-11-10-16-29(33)34(47)43-30/h10-11,14-18,24,26,28,30-32,46H,6-9,12-13,19-23,25H2,1-5H3,(H,41,48)(H,42,51)(H,43,47)/t28-,30+,31-,32+/m0/s1. The van der Waals surface area contributed by atoms with Crippen LogP contribution in [0.25, 0.3) is 0 Å². The molecule has 1 fully saturated rings. The summed E-state index contributed by atoms with van der Waals surface area (Å²) in [5.74, 6) is -2.03. The minimum atomic E-state index is -1.29. The summed E-state index contributed by atoms with van der Waals surface area (Å²) in [7, 11) is 1.55. The molecule has 13 nitrogen and oxygen atoms in total. The monoisotopic (exact) mass is 720 g/mol. The van der Waals surface area contributed by atoms with Gasteiger partial charge in [-0.05, 0) is 62.8 Å². The van der Waals surface area contributed by atoms with Crippen molar-refractivity contribution in [2.24, 2.45) is 5.92 Å². The lowest BCUT2D eigenvalue weighted by Gasteiger charge is -2.34. The van der Waals surface area contributed by atoms with Gasteiger partial charge < -0.3 is 35.6 Å². The fourth-order valence-electron chi connectivity index (χ4n) is 6.72. The minimum Gasteiger partial charge on any atom is -0.477 e. The Balaban J connectivity index is 1.65. The molecule has 2 aliphatic heterocycles. The average molecular weight is 721 g/mol. The first-order valence-electron chi connectivity index (χ1n) is 18.6. The first kappa shape index (κ1) is 40.3. The third-order valence-corrected chi connectivity index (χ3v) is 9.66. The van der Waals surface area contributed by atoms with E-state index < -0.39 is 47.6 Å². The molecule has 52 heavy (non-hydrogen) atoms. The Morgan fingerprint density at radius 2 is 1.60 bits per heavy atom. The third kappa shape index (κ3) is 11.0. The van der Waals surface area contributed by atoms with Gasteiger partial charge in [0.2, 0.25) is 17.7 Å². The Morgan fingerprint density at radius 1 is 0.923 bits per heavy atom. The van der Waals surface area contributed by atoms with Gasteiger partial charge in [-0.3, -0.25) is 29.0 Å². The first-order chi connectivity index (χ1) is 24.8. The van der Waals surface area contributed by atoms with Crippen LogP contribution in [0.3, 0.4) is 0 Å². The van der Waals surface area contributed by atoms with Crippen LogP contribution >= 0.6 is 0 Å². The van der Waals surface area contributed by atoms with E-state index in [1.807, 2.05) is 19.9 Å². The van der Waals surface area contributed by atoms with Gasteiger partial charge in [-0.15, -0.1) is 0 Å². The number of nitrogens with one attached hydrogen (secondary N) is 3. The molecule has 2 aromatic rings. The van der Waals surface area contributed by atoms with Crippen LogP contribution in [0.5, 0.6) is 5.75 Å². The van der Waals surface area contributed by atoms with E-state index in [0.717, 1.165) is 44.1 Å². The van der Waals surface area contributed by atoms with Crippen molar-refractivity contribution >= 4 is 29.5 Å². The van der Waals surface area contributed by atoms with E-state index in [1.165, 1.54) is 9.80 Å². The molecule has 3 heterocycles. The number of benzene rings is 1. The topological polar surface area (TPSA) is 170 Å². The molecule has 2 aliphatic rings. The molecule has 0 bridgehead atoms. The summed E-state index contributed by atoms with van der Waals surface area (Å²) in [5, 5.41) is 19.6. The Labute approximate surface area is 307 Å². The van der Waals surface area contributed by atoms with Gasteiger partial charge >= 0.3 is 0 Å². The molecule has 0 aliphatic carbocycles. The minimum absolute atomic E-state index is 0.00763. The predicted octanol–water partition coefficient (Wildman–Crippen LogP) is 3.00. The summed E-state index contributed by atoms with van der Waals surface area (Å²) < 4.78 is 6.14. The molecule has 1 aromatic carbocycles. The van der Waals surface area contributed by atoms with E-state index in [0.29, 0.717) is 13.1 Å². The Hall–Kier alpha value is -4.52. The summed E-state index contributed by atoms with van der Waals surface area (Å²) in [5.41, 5.74) is -0.372. The molecular formula is C39H56N6O7. The number of para-hydroxylation sites is 1. The molecule has 1 aromatic heterocycles. The Bertz CT molecular complexity index is 1530. The maximum atomic E-state index is 14.3. The Kier molecular flexibility index (Phi) is 14.6. The van der Waals surface area contributed by atoms with Crippen LogP contribution in [0.1, 0.15) is 95.0 Å². The van der Waals surface area contributed by atoms with Crippen molar-refractivity contribution in [2.75, 3.05) is 26.7 Å². The number of likely N-dealkylation sites (N-methyl/N-ethyl adjacent to an activating group) is 1. The van der Waals surface area contributed by atoms with Gasteiger partial charge in [-0.25, -0.2) is 0 Å². The van der Waals surface area contributed by atoms with Gasteiger partial charge in [0.1, 0.15) is 23.9 Å². The van der Waals surface area contributed by atoms with Crippen molar-refractivity contribution < 1.29 is 33.8 Å². The molecule has 4 atom stereocenters. The summed E-state index contributed by atoms with van der Waals surface area (Å²) in [6.45, 7) is 7.95. The maximum Gasteiger partial charge on any atom is 0.263 e. The number of amides is 5. The highest BCUT2D eigenvalue weighted by Gasteiger charge is 2.44. The van der Waals surface area contributed by atoms with Crippen molar-refractivity contribution in [3.05, 3.63) is 59.9 Å². The Morgan fingerprint density at radius 3 is 2.27 bits per heavy atom. The lowest BCUT2D eigenvalue weighted by Crippen LogP contribution is -2.57. The van der Waals surface area contributed by atoms with E-state index >= 15 is 0 Å². The lowest BCUT2D eigenvalue weighted by molar-refractivity contribution is -0.147. The molecule has 4 rings (SSSR count). The van der Waals surface area contributed by atoms with E-state index in [2.05, 4.69) is 20.9 Å². The van der Waals surface area contributed by atoms with Crippen LogP contribution in [0.4, 0.5) is 0 Å². The summed E-state index contributed by atoms with van der Waals surface area (Å²) >= 11 is 0. The van der Waals surface area contributed by atoms with Gasteiger partial charge in [0, 0.05) is 51.9 Å². The second-order valence-corrected chi connectivity index (χ2v) is 14.9. The zero-order valence-corrected chi connectivity index (χ0v) is 31.2. The normalized spacial score (nSPS) is 24.8. The summed E-state index contributed by atoms with van der Waals surface area (Å²) in [4.78, 5) is 76.1. The molecule has 1 saturated heterocycles. The number of aliphatic hydroxyl groups excluding tert-OH is 1. The zero-order valence-electron chi connectivity index (χ0n) is 31.2. The van der Waals surface area contributed by atoms with Gasteiger partial charge in [0.05, 0.1) is 11.7 Å². The second kappa shape index (κ2) is 18.8. The van der Waals surface area contributed by atoms with Crippen LogP contribution in [-0.4, -0.2) is 106 Å². The average Bonchev–Trinajstić information content (AvgIpc) is 3.51. The number of hydrogen-bond donors (Lipinski definition) is 4. The van der Waals surface area contributed by atoms with Crippen molar-refractivity contribution in [3.8, 4) is 5.75 Å². The number of carbonyl (C=O) groups is 5. The maximum absolute atomic E-state index is 14.3. The number of ether oxygens (including phenoxy) is 1. The van der Waals surface area contributed by atoms with Crippen molar-refractivity contribution in [3.63, 3.8) is 0 Å². The fourth-order valence-corrected chi connectivity index (χ4v) is 6.72. The molecular weight excluding hydrogens is 664 g/mol. The number of aromatic nitrogens is 1. The molecule has 0 unspecified atom stereocenters. The van der Waals surface area contributed by atoms with Crippen molar-refractivity contribution in [2.45, 2.75) is 115 Å². The van der Waals surface area contributed by atoms with Crippen LogP contribution in [0, 0.1) is 5.92 Å². The summed E-state index contributed by atoms with van der Waals surface area (Å²) in [6, 6.07) is 7.19. The van der Waals surface area contributed by atoms with E-state index in [-0.39, 0.29) is 54.9 Å². The first-order valence-corrected chi connectivity index (χ1v) is 18.6. The number of rotatable bonds is 4. The molecule has 0 spiro atoms. The quantitative estimate of drug-likeness (QED) is 0.374. The van der Waals surface area contributed by atoms with Gasteiger partial charge in [0.25, 0.3) is 11.8 Å². The van der Waals surface area contributed by atoms with E-state index in [1.54, 1.807) is 63.6 Å². The fraction of sp³-hybridized carbons (Fsp3) is 0.590. The molecule has 0 saturated carbocycles. The third-order valence-electron chi connectivity index (χ3n) is 9.66. The van der Waals surface area contributed by atoms with Crippen molar-refractivity contribution in [1.82, 2.24) is 30.7 Å². The van der Waals surface area contributed by atoms with Gasteiger partial charge in [-0.1, -0.05) is 57.7 Å². The SMILES string of the molecule is CC(C)C[C@H]1NC(=O)c2ccccc2OC(C)(C)C(=O)NCCCCCCCCNC(=O)[C@H](Cc2cccnc2)N(C)C(=O)[C@H]2C[C@H](O)CN2C1=O. The zero-order chi connectivity index (χ0) is 37.8. The van der Waals surface area contributed by atoms with Crippen LogP contribution in [0.2, 0.25) is 0 Å². The second-order valence-electron chi connectivity index (χ2n) is 14.9. The summed E-state index contributed by atoms with van der Waals surface area (Å²) in [6.07, 6.45) is 8.16. The molecule has 13 heteroatoms. The van der Waals surface area contributed by atoms with Gasteiger partial charge in [-0.2, -0.15) is 0 Å². The number of nitrogens with zero attached hydrogens (tertiary/aromatic N) is 3.